The molecule has 1 aliphatic rings. The molecule has 0 bridgehead atoms. The molecule has 7 nitrogen and oxygen atoms in total. The molecule has 1 unspecified atom stereocenters. The summed E-state index contributed by atoms with van der Waals surface area (Å²) in [6.45, 7) is 1.37. The Kier molecular flexibility index (Phi) is 9.50. The highest BCUT2D eigenvalue weighted by atomic mass is 35.6. The minimum Gasteiger partial charge on any atom is -0.491 e. The zero-order valence-electron chi connectivity index (χ0n) is 18.4. The number of nitrogens with one attached hydrogen (secondary N) is 1. The van der Waals surface area contributed by atoms with Crippen molar-refractivity contribution in [2.75, 3.05) is 36.9 Å². The number of hydrogen-bond acceptors (Lipinski definition) is 5. The highest BCUT2D eigenvalue weighted by Gasteiger charge is 2.42. The summed E-state index contributed by atoms with van der Waals surface area (Å²) < 4.78 is 3.54. The molecule has 1 amide bonds. The third-order valence-corrected chi connectivity index (χ3v) is 6.40. The minimum atomic E-state index is -1.81. The SMILES string of the molecule is Nc1ccccc1N1CCCN(C(NC(=O)CCc2ccc(OCCO)cc2)C(Cl)(Cl)Cl)C1=S. The lowest BCUT2D eigenvalue weighted by Crippen LogP contribution is -2.62. The van der Waals surface area contributed by atoms with Gasteiger partial charge in [0.05, 0.1) is 18.0 Å². The van der Waals surface area contributed by atoms with Crippen LogP contribution in [0.3, 0.4) is 0 Å². The quantitative estimate of drug-likeness (QED) is 0.250. The predicted octanol–water partition coefficient (Wildman–Crippen LogP) is 3.88. The number of thiocarbonyl (C=S) groups is 1. The first-order valence-electron chi connectivity index (χ1n) is 10.8. The van der Waals surface area contributed by atoms with E-state index in [0.717, 1.165) is 17.7 Å². The van der Waals surface area contributed by atoms with Gasteiger partial charge in [0.1, 0.15) is 12.4 Å². The molecule has 3 rings (SSSR count). The first-order chi connectivity index (χ1) is 16.2. The molecule has 0 aromatic heterocycles. The number of nitrogens with two attached hydrogens (primary N) is 1. The zero-order chi connectivity index (χ0) is 24.7. The maximum Gasteiger partial charge on any atom is 0.228 e. The lowest BCUT2D eigenvalue weighted by atomic mass is 10.1. The van der Waals surface area contributed by atoms with E-state index < -0.39 is 9.96 Å². The number of carbonyl (C=O) groups is 1. The molecule has 0 spiro atoms. The number of aliphatic hydroxyl groups is 1. The van der Waals surface area contributed by atoms with Gasteiger partial charge >= 0.3 is 0 Å². The van der Waals surface area contributed by atoms with Crippen molar-refractivity contribution in [1.82, 2.24) is 10.2 Å². The van der Waals surface area contributed by atoms with Gasteiger partial charge in [0, 0.05) is 19.5 Å². The Morgan fingerprint density at radius 2 is 1.88 bits per heavy atom. The van der Waals surface area contributed by atoms with E-state index in [-0.39, 0.29) is 25.5 Å². The molecule has 1 fully saturated rings. The molecule has 1 saturated heterocycles. The Labute approximate surface area is 219 Å². The number of amides is 1. The summed E-state index contributed by atoms with van der Waals surface area (Å²) in [7, 11) is 0. The van der Waals surface area contributed by atoms with E-state index in [2.05, 4.69) is 5.32 Å². The molecular formula is C23H27Cl3N4O3S. The summed E-state index contributed by atoms with van der Waals surface area (Å²) in [4.78, 5) is 16.4. The van der Waals surface area contributed by atoms with E-state index in [4.69, 9.17) is 62.6 Å². The minimum absolute atomic E-state index is 0.0523. The van der Waals surface area contributed by atoms with Gasteiger partial charge < -0.3 is 30.7 Å². The van der Waals surface area contributed by atoms with Crippen molar-refractivity contribution in [3.63, 3.8) is 0 Å². The van der Waals surface area contributed by atoms with Gasteiger partial charge in [-0.05, 0) is 54.9 Å². The maximum absolute atomic E-state index is 12.8. The van der Waals surface area contributed by atoms with Crippen molar-refractivity contribution < 1.29 is 14.6 Å². The monoisotopic (exact) mass is 544 g/mol. The molecule has 1 atom stereocenters. The van der Waals surface area contributed by atoms with Gasteiger partial charge in [-0.2, -0.15) is 0 Å². The van der Waals surface area contributed by atoms with E-state index in [0.29, 0.717) is 36.1 Å². The van der Waals surface area contributed by atoms with Gasteiger partial charge in [0.15, 0.2) is 11.3 Å². The van der Waals surface area contributed by atoms with Crippen molar-refractivity contribution in [1.29, 1.82) is 0 Å². The molecule has 11 heteroatoms. The van der Waals surface area contributed by atoms with Gasteiger partial charge in [0.25, 0.3) is 0 Å². The number of aryl methyl sites for hydroxylation is 1. The van der Waals surface area contributed by atoms with E-state index in [1.54, 1.807) is 23.1 Å². The number of nitrogens with zero attached hydrogens (tertiary/aromatic N) is 2. The summed E-state index contributed by atoms with van der Waals surface area (Å²) in [5.74, 6) is 0.386. The number of carbonyl (C=O) groups excluding carboxylic acids is 1. The van der Waals surface area contributed by atoms with Crippen molar-refractivity contribution in [2.45, 2.75) is 29.2 Å². The summed E-state index contributed by atoms with van der Waals surface area (Å²) in [6.07, 6.45) is 0.492. The van der Waals surface area contributed by atoms with E-state index >= 15 is 0 Å². The molecule has 2 aromatic rings. The molecule has 2 aromatic carbocycles. The molecule has 4 N–H and O–H groups in total. The first kappa shape index (κ1) is 26.6. The van der Waals surface area contributed by atoms with Crippen LogP contribution in [0.1, 0.15) is 18.4 Å². The number of nitrogen functional groups attached to an aromatic ring is 1. The Morgan fingerprint density at radius 1 is 1.18 bits per heavy atom. The lowest BCUT2D eigenvalue weighted by Gasteiger charge is -2.44. The second-order valence-corrected chi connectivity index (χ2v) is 10.5. The van der Waals surface area contributed by atoms with Crippen LogP contribution in [0.4, 0.5) is 11.4 Å². The predicted molar refractivity (Wildman–Crippen MR) is 142 cm³/mol. The molecule has 0 radical (unpaired) electrons. The second-order valence-electron chi connectivity index (χ2n) is 7.77. The van der Waals surface area contributed by atoms with Crippen molar-refractivity contribution in [3.05, 3.63) is 54.1 Å². The number of aliphatic hydroxyl groups excluding tert-OH is 1. The average molecular weight is 546 g/mol. The standard InChI is InChI=1S/C23H27Cl3N4O3S/c24-23(25,26)21(28-20(32)11-8-16-6-9-17(10-7-16)33-15-14-31)30-13-3-12-29(22(30)34)19-5-2-1-4-18(19)27/h1-2,4-7,9-10,21,31H,3,8,11-15,27H2,(H,28,32). The lowest BCUT2D eigenvalue weighted by molar-refractivity contribution is -0.122. The van der Waals surface area contributed by atoms with Gasteiger partial charge in [-0.1, -0.05) is 59.1 Å². The van der Waals surface area contributed by atoms with Crippen LogP contribution in [0.15, 0.2) is 48.5 Å². The van der Waals surface area contributed by atoms with Crippen molar-refractivity contribution >= 4 is 69.4 Å². The van der Waals surface area contributed by atoms with Crippen LogP contribution in [-0.4, -0.2) is 57.3 Å². The smallest absolute Gasteiger partial charge is 0.228 e. The van der Waals surface area contributed by atoms with E-state index in [9.17, 15) is 4.79 Å². The van der Waals surface area contributed by atoms with Gasteiger partial charge in [0.2, 0.25) is 9.70 Å². The third kappa shape index (κ3) is 7.02. The van der Waals surface area contributed by atoms with Crippen LogP contribution in [-0.2, 0) is 11.2 Å². The molecule has 184 valence electrons. The molecule has 34 heavy (non-hydrogen) atoms. The van der Waals surface area contributed by atoms with Gasteiger partial charge in [-0.15, -0.1) is 0 Å². The van der Waals surface area contributed by atoms with Crippen LogP contribution in [0.25, 0.3) is 0 Å². The summed E-state index contributed by atoms with van der Waals surface area (Å²) >= 11 is 24.6. The summed E-state index contributed by atoms with van der Waals surface area (Å²) in [6, 6.07) is 14.7. The first-order valence-corrected chi connectivity index (χ1v) is 12.4. The van der Waals surface area contributed by atoms with Crippen molar-refractivity contribution in [3.8, 4) is 5.75 Å². The van der Waals surface area contributed by atoms with E-state index in [1.165, 1.54) is 0 Å². The summed E-state index contributed by atoms with van der Waals surface area (Å²) in [5.41, 5.74) is 8.47. The van der Waals surface area contributed by atoms with Crippen LogP contribution >= 0.6 is 47.0 Å². The highest BCUT2D eigenvalue weighted by Crippen LogP contribution is 2.35. The maximum atomic E-state index is 12.8. The van der Waals surface area contributed by atoms with Crippen LogP contribution in [0.5, 0.6) is 5.75 Å². The Morgan fingerprint density at radius 3 is 2.53 bits per heavy atom. The molecule has 1 aliphatic heterocycles. The third-order valence-electron chi connectivity index (χ3n) is 5.33. The molecule has 0 saturated carbocycles. The highest BCUT2D eigenvalue weighted by molar-refractivity contribution is 7.80. The number of rotatable bonds is 9. The number of alkyl halides is 3. The average Bonchev–Trinajstić information content (AvgIpc) is 2.81. The fourth-order valence-corrected chi connectivity index (χ4v) is 4.58. The topological polar surface area (TPSA) is 91.1 Å². The number of halogens is 3. The van der Waals surface area contributed by atoms with Crippen LogP contribution < -0.4 is 20.7 Å². The fourth-order valence-electron chi connectivity index (χ4n) is 3.68. The largest absolute Gasteiger partial charge is 0.491 e. The Balaban J connectivity index is 1.65. The number of para-hydroxylation sites is 2. The van der Waals surface area contributed by atoms with Crippen LogP contribution in [0.2, 0.25) is 0 Å². The van der Waals surface area contributed by atoms with E-state index in [1.807, 2.05) is 35.2 Å². The van der Waals surface area contributed by atoms with Gasteiger partial charge in [-0.3, -0.25) is 4.79 Å². The van der Waals surface area contributed by atoms with Crippen molar-refractivity contribution in [2.24, 2.45) is 0 Å². The number of benzene rings is 2. The normalized spacial score (nSPS) is 15.2. The molecule has 0 aliphatic carbocycles. The summed E-state index contributed by atoms with van der Waals surface area (Å²) in [5, 5.41) is 12.1. The zero-order valence-corrected chi connectivity index (χ0v) is 21.5. The number of hydrogen-bond donors (Lipinski definition) is 3. The second kappa shape index (κ2) is 12.1. The van der Waals surface area contributed by atoms with Gasteiger partial charge in [-0.25, -0.2) is 0 Å². The Bertz CT molecular complexity index is 988. The van der Waals surface area contributed by atoms with Crippen LogP contribution in [0, 0.1) is 0 Å². The molecular weight excluding hydrogens is 519 g/mol. The number of anilines is 2. The number of ether oxygens (including phenoxy) is 1. The molecule has 1 heterocycles. The fraction of sp³-hybridized carbons (Fsp3) is 0.391. The Hall–Kier alpha value is -1.97.